The number of aliphatic hydroxyl groups is 1. The van der Waals surface area contributed by atoms with Crippen LogP contribution in [0.15, 0.2) is 66.7 Å². The summed E-state index contributed by atoms with van der Waals surface area (Å²) in [5.74, 6) is 0.401. The first-order valence-electron chi connectivity index (χ1n) is 17.6. The lowest BCUT2D eigenvalue weighted by atomic mass is 9.61. The number of carbonyl (C=O) groups excluding carboxylic acids is 1. The van der Waals surface area contributed by atoms with Gasteiger partial charge >= 0.3 is 0 Å². The summed E-state index contributed by atoms with van der Waals surface area (Å²) < 4.78 is 34.1. The van der Waals surface area contributed by atoms with Gasteiger partial charge in [0, 0.05) is 35.5 Å². The van der Waals surface area contributed by atoms with Crippen LogP contribution in [0.2, 0.25) is 5.02 Å². The van der Waals surface area contributed by atoms with Crippen molar-refractivity contribution >= 4 is 33.2 Å². The molecule has 2 aliphatic carbocycles. The fraction of sp³-hybridized carbons (Fsp3) is 0.513. The van der Waals surface area contributed by atoms with E-state index in [2.05, 4.69) is 40.8 Å². The number of hydrogen-bond acceptors (Lipinski definition) is 6. The zero-order valence-electron chi connectivity index (χ0n) is 28.4. The molecule has 1 aliphatic heterocycles. The highest BCUT2D eigenvalue weighted by Gasteiger charge is 2.48. The SMILES string of the molecule is CCCC[C@](O)(Cc1ccccc1)[C@@H]1CC[C@H]1CN1C[C@@]2(CCCc3cc(Cl)ccc32)COc2ccc(C(=O)NS(=O)(=O)C(C)C)cc21. The zero-order valence-corrected chi connectivity index (χ0v) is 30.0. The third-order valence-corrected chi connectivity index (χ3v) is 13.0. The fourth-order valence-electron chi connectivity index (χ4n) is 8.18. The number of benzene rings is 3. The second-order valence-electron chi connectivity index (χ2n) is 14.6. The Labute approximate surface area is 291 Å². The van der Waals surface area contributed by atoms with E-state index >= 15 is 0 Å². The van der Waals surface area contributed by atoms with Gasteiger partial charge in [-0.05, 0) is 111 Å². The van der Waals surface area contributed by atoms with Gasteiger partial charge in [-0.1, -0.05) is 67.8 Å². The highest BCUT2D eigenvalue weighted by Crippen LogP contribution is 2.49. The molecule has 2 N–H and O–H groups in total. The normalized spacial score (nSPS) is 23.3. The topological polar surface area (TPSA) is 95.9 Å². The molecule has 3 aromatic carbocycles. The van der Waals surface area contributed by atoms with E-state index in [1.165, 1.54) is 11.1 Å². The van der Waals surface area contributed by atoms with Gasteiger partial charge in [0.2, 0.25) is 10.0 Å². The van der Waals surface area contributed by atoms with Gasteiger partial charge in [-0.2, -0.15) is 0 Å². The first-order valence-corrected chi connectivity index (χ1v) is 19.5. The van der Waals surface area contributed by atoms with Crippen LogP contribution in [-0.4, -0.2) is 50.0 Å². The van der Waals surface area contributed by atoms with E-state index < -0.39 is 26.8 Å². The lowest BCUT2D eigenvalue weighted by Crippen LogP contribution is -2.53. The predicted octanol–water partition coefficient (Wildman–Crippen LogP) is 7.47. The van der Waals surface area contributed by atoms with Gasteiger partial charge in [0.25, 0.3) is 5.91 Å². The number of nitrogens with one attached hydrogen (secondary N) is 1. The minimum absolute atomic E-state index is 0.132. The molecule has 0 unspecified atom stereocenters. The molecular formula is C39H49ClN2O5S. The van der Waals surface area contributed by atoms with Crippen LogP contribution >= 0.6 is 11.6 Å². The Morgan fingerprint density at radius 1 is 1.12 bits per heavy atom. The Balaban J connectivity index is 1.36. The highest BCUT2D eigenvalue weighted by atomic mass is 35.5. The van der Waals surface area contributed by atoms with Crippen molar-refractivity contribution in [1.82, 2.24) is 4.72 Å². The first-order chi connectivity index (χ1) is 22.9. The Hall–Kier alpha value is -3.07. The number of hydrogen-bond donors (Lipinski definition) is 2. The lowest BCUT2D eigenvalue weighted by molar-refractivity contribution is -0.0875. The second kappa shape index (κ2) is 14.0. The molecule has 0 aromatic heterocycles. The zero-order chi connectivity index (χ0) is 34.1. The Kier molecular flexibility index (Phi) is 10.2. The molecule has 6 rings (SSSR count). The van der Waals surface area contributed by atoms with Crippen molar-refractivity contribution < 1.29 is 23.1 Å². The number of aryl methyl sites for hydroxylation is 1. The van der Waals surface area contributed by atoms with Crippen molar-refractivity contribution in [1.29, 1.82) is 0 Å². The number of amides is 1. The summed E-state index contributed by atoms with van der Waals surface area (Å²) in [5.41, 5.74) is 3.61. The van der Waals surface area contributed by atoms with Crippen LogP contribution in [-0.2, 0) is 28.3 Å². The Morgan fingerprint density at radius 2 is 1.92 bits per heavy atom. The van der Waals surface area contributed by atoms with Crippen LogP contribution in [0.3, 0.4) is 0 Å². The molecule has 0 radical (unpaired) electrons. The summed E-state index contributed by atoms with van der Waals surface area (Å²) in [6.07, 6.45) is 8.28. The highest BCUT2D eigenvalue weighted by molar-refractivity contribution is 7.90. The number of nitrogens with zero attached hydrogens (tertiary/aromatic N) is 1. The van der Waals surface area contributed by atoms with Gasteiger partial charge in [0.15, 0.2) is 0 Å². The summed E-state index contributed by atoms with van der Waals surface area (Å²) in [6, 6.07) is 21.7. The van der Waals surface area contributed by atoms with Crippen LogP contribution in [0, 0.1) is 11.8 Å². The first kappa shape index (κ1) is 34.8. The van der Waals surface area contributed by atoms with Crippen molar-refractivity contribution in [2.75, 3.05) is 24.6 Å². The monoisotopic (exact) mass is 692 g/mol. The standard InChI is InChI=1S/C39H49ClN2O5S/c1-4-5-20-39(44,23-28-10-7-6-8-11-28)34-16-13-31(34)24-42-25-38(19-9-12-29-21-32(40)15-17-33(29)38)26-47-36-18-14-30(22-35(36)42)37(43)41-48(45,46)27(2)3/h6-8,10-11,14-15,17-18,21-22,27,31,34,44H,4-5,9,12-13,16,19-20,23-26H2,1-3H3,(H,41,43)/t31-,34+,38-,39-/m0/s1. The van der Waals surface area contributed by atoms with Gasteiger partial charge in [0.1, 0.15) is 5.75 Å². The van der Waals surface area contributed by atoms with Crippen LogP contribution < -0.4 is 14.4 Å². The van der Waals surface area contributed by atoms with Crippen LogP contribution in [0.1, 0.15) is 92.8 Å². The number of ether oxygens (including phenoxy) is 1. The molecule has 3 aromatic rings. The summed E-state index contributed by atoms with van der Waals surface area (Å²) in [4.78, 5) is 15.6. The number of sulfonamides is 1. The molecular weight excluding hydrogens is 644 g/mol. The van der Waals surface area contributed by atoms with Crippen LogP contribution in [0.5, 0.6) is 5.75 Å². The van der Waals surface area contributed by atoms with Gasteiger partial charge < -0.3 is 14.7 Å². The van der Waals surface area contributed by atoms with Crippen molar-refractivity contribution in [3.63, 3.8) is 0 Å². The van der Waals surface area contributed by atoms with Gasteiger partial charge in [-0.25, -0.2) is 13.1 Å². The van der Waals surface area contributed by atoms with E-state index in [1.807, 2.05) is 24.3 Å². The number of rotatable bonds is 11. The number of fused-ring (bicyclic) bond motifs is 3. The van der Waals surface area contributed by atoms with Crippen LogP contribution in [0.25, 0.3) is 0 Å². The molecule has 7 nitrogen and oxygen atoms in total. The number of anilines is 1. The fourth-order valence-corrected chi connectivity index (χ4v) is 8.98. The summed E-state index contributed by atoms with van der Waals surface area (Å²) >= 11 is 6.45. The number of carbonyl (C=O) groups is 1. The van der Waals surface area contributed by atoms with Crippen molar-refractivity contribution in [2.45, 2.75) is 94.8 Å². The van der Waals surface area contributed by atoms with Crippen LogP contribution in [0.4, 0.5) is 5.69 Å². The summed E-state index contributed by atoms with van der Waals surface area (Å²) in [6.45, 7) is 7.13. The lowest BCUT2D eigenvalue weighted by Gasteiger charge is -2.50. The van der Waals surface area contributed by atoms with Crippen molar-refractivity contribution in [2.24, 2.45) is 11.8 Å². The smallest absolute Gasteiger partial charge is 0.264 e. The van der Waals surface area contributed by atoms with E-state index in [0.29, 0.717) is 31.9 Å². The molecule has 1 heterocycles. The molecule has 1 amide bonds. The van der Waals surface area contributed by atoms with E-state index in [-0.39, 0.29) is 22.8 Å². The molecule has 4 atom stereocenters. The van der Waals surface area contributed by atoms with E-state index in [1.54, 1.807) is 32.0 Å². The summed E-state index contributed by atoms with van der Waals surface area (Å²) in [5, 5.41) is 12.4. The van der Waals surface area contributed by atoms with E-state index in [4.69, 9.17) is 16.3 Å². The molecule has 48 heavy (non-hydrogen) atoms. The maximum Gasteiger partial charge on any atom is 0.264 e. The summed E-state index contributed by atoms with van der Waals surface area (Å²) in [7, 11) is -3.80. The molecule has 9 heteroatoms. The average Bonchev–Trinajstić information content (AvgIpc) is 3.19. The van der Waals surface area contributed by atoms with Gasteiger partial charge in [-0.3, -0.25) is 4.79 Å². The number of halogens is 1. The van der Waals surface area contributed by atoms with E-state index in [0.717, 1.165) is 67.6 Å². The Morgan fingerprint density at radius 3 is 2.62 bits per heavy atom. The van der Waals surface area contributed by atoms with Crippen molar-refractivity contribution in [3.05, 3.63) is 94.0 Å². The molecule has 0 bridgehead atoms. The number of unbranched alkanes of at least 4 members (excludes halogenated alkanes) is 1. The minimum atomic E-state index is -3.80. The predicted molar refractivity (Wildman–Crippen MR) is 193 cm³/mol. The molecule has 3 aliphatic rings. The average molecular weight is 693 g/mol. The third kappa shape index (κ3) is 7.12. The molecule has 1 saturated carbocycles. The second-order valence-corrected chi connectivity index (χ2v) is 17.3. The maximum absolute atomic E-state index is 13.3. The largest absolute Gasteiger partial charge is 0.490 e. The minimum Gasteiger partial charge on any atom is -0.490 e. The van der Waals surface area contributed by atoms with Gasteiger partial charge in [0.05, 0.1) is 23.1 Å². The molecule has 258 valence electrons. The van der Waals surface area contributed by atoms with Crippen molar-refractivity contribution in [3.8, 4) is 5.75 Å². The third-order valence-electron chi connectivity index (χ3n) is 11.0. The molecule has 1 spiro atoms. The molecule has 0 saturated heterocycles. The Bertz CT molecular complexity index is 1730. The maximum atomic E-state index is 13.3. The van der Waals surface area contributed by atoms with E-state index in [9.17, 15) is 18.3 Å². The quantitative estimate of drug-likeness (QED) is 0.217. The molecule has 1 fully saturated rings. The van der Waals surface area contributed by atoms with Gasteiger partial charge in [-0.15, -0.1) is 0 Å².